The lowest BCUT2D eigenvalue weighted by molar-refractivity contribution is -0.122. The van der Waals surface area contributed by atoms with E-state index in [1.54, 1.807) is 55.5 Å². The molecule has 0 saturated carbocycles. The molecule has 0 saturated heterocycles. The van der Waals surface area contributed by atoms with Crippen molar-refractivity contribution in [2.24, 2.45) is 0 Å². The normalized spacial score (nSPS) is 11.3. The highest BCUT2D eigenvalue weighted by atomic mass is 16.5. The summed E-state index contributed by atoms with van der Waals surface area (Å²) in [7, 11) is 0. The van der Waals surface area contributed by atoms with Crippen molar-refractivity contribution in [3.05, 3.63) is 83.9 Å². The first-order valence-corrected chi connectivity index (χ1v) is 10.1. The maximum absolute atomic E-state index is 12.5. The second-order valence-corrected chi connectivity index (χ2v) is 7.00. The predicted octanol–water partition coefficient (Wildman–Crippen LogP) is 5.05. The fourth-order valence-electron chi connectivity index (χ4n) is 2.90. The fraction of sp³-hybridized carbons (Fsp3) is 0.200. The molecular weight excluding hydrogens is 392 g/mol. The van der Waals surface area contributed by atoms with Gasteiger partial charge in [0, 0.05) is 16.9 Å². The van der Waals surface area contributed by atoms with E-state index >= 15 is 0 Å². The lowest BCUT2D eigenvalue weighted by Crippen LogP contribution is -2.30. The number of carbonyl (C=O) groups is 2. The minimum atomic E-state index is -0.710. The summed E-state index contributed by atoms with van der Waals surface area (Å²) in [6, 6.07) is 21.4. The number of para-hydroxylation sites is 1. The van der Waals surface area contributed by atoms with Crippen molar-refractivity contribution in [1.29, 1.82) is 0 Å². The summed E-state index contributed by atoms with van der Waals surface area (Å²) in [6.45, 7) is 6.11. The van der Waals surface area contributed by atoms with Gasteiger partial charge in [-0.1, -0.05) is 18.2 Å². The van der Waals surface area contributed by atoms with Crippen LogP contribution in [-0.2, 0) is 4.79 Å². The summed E-state index contributed by atoms with van der Waals surface area (Å²) in [5, 5.41) is 5.70. The highest BCUT2D eigenvalue weighted by Crippen LogP contribution is 2.19. The van der Waals surface area contributed by atoms with E-state index in [1.807, 2.05) is 38.1 Å². The van der Waals surface area contributed by atoms with E-state index in [-0.39, 0.29) is 11.8 Å². The van der Waals surface area contributed by atoms with Crippen molar-refractivity contribution < 1.29 is 19.1 Å². The summed E-state index contributed by atoms with van der Waals surface area (Å²) >= 11 is 0. The van der Waals surface area contributed by atoms with E-state index in [0.29, 0.717) is 23.6 Å². The molecule has 0 bridgehead atoms. The van der Waals surface area contributed by atoms with E-state index in [2.05, 4.69) is 10.6 Å². The monoisotopic (exact) mass is 418 g/mol. The summed E-state index contributed by atoms with van der Waals surface area (Å²) in [5.41, 5.74) is 2.92. The van der Waals surface area contributed by atoms with E-state index < -0.39 is 6.10 Å². The molecule has 0 aromatic heterocycles. The Bertz CT molecular complexity index is 1030. The molecule has 0 fully saturated rings. The molecule has 3 aromatic rings. The number of rotatable bonds is 8. The molecular formula is C25H26N2O4. The van der Waals surface area contributed by atoms with Crippen molar-refractivity contribution in [3.8, 4) is 11.5 Å². The number of carbonyl (C=O) groups excluding carboxylic acids is 2. The van der Waals surface area contributed by atoms with Gasteiger partial charge in [-0.15, -0.1) is 0 Å². The zero-order valence-corrected chi connectivity index (χ0v) is 17.8. The molecule has 3 aromatic carbocycles. The van der Waals surface area contributed by atoms with Crippen LogP contribution in [0.5, 0.6) is 11.5 Å². The highest BCUT2D eigenvalue weighted by Gasteiger charge is 2.15. The fourth-order valence-corrected chi connectivity index (χ4v) is 2.90. The maximum Gasteiger partial charge on any atom is 0.265 e. The van der Waals surface area contributed by atoms with Gasteiger partial charge < -0.3 is 20.1 Å². The Morgan fingerprint density at radius 3 is 2.16 bits per heavy atom. The zero-order chi connectivity index (χ0) is 22.2. The number of aryl methyl sites for hydroxylation is 1. The van der Waals surface area contributed by atoms with Crippen LogP contribution in [0.2, 0.25) is 0 Å². The van der Waals surface area contributed by atoms with Gasteiger partial charge in [0.1, 0.15) is 11.5 Å². The van der Waals surface area contributed by atoms with Crippen LogP contribution in [0.25, 0.3) is 0 Å². The van der Waals surface area contributed by atoms with E-state index in [1.165, 1.54) is 0 Å². The van der Waals surface area contributed by atoms with Gasteiger partial charge >= 0.3 is 0 Å². The number of ether oxygens (including phenoxy) is 2. The van der Waals surface area contributed by atoms with Crippen molar-refractivity contribution in [2.45, 2.75) is 26.9 Å². The predicted molar refractivity (Wildman–Crippen MR) is 122 cm³/mol. The molecule has 160 valence electrons. The molecule has 31 heavy (non-hydrogen) atoms. The molecule has 0 heterocycles. The van der Waals surface area contributed by atoms with Gasteiger partial charge in [0.15, 0.2) is 6.10 Å². The topological polar surface area (TPSA) is 76.7 Å². The van der Waals surface area contributed by atoms with Crippen molar-refractivity contribution in [1.82, 2.24) is 0 Å². The highest BCUT2D eigenvalue weighted by molar-refractivity contribution is 6.04. The van der Waals surface area contributed by atoms with Gasteiger partial charge in [-0.05, 0) is 80.9 Å². The van der Waals surface area contributed by atoms with Crippen molar-refractivity contribution >= 4 is 23.2 Å². The van der Waals surface area contributed by atoms with Crippen LogP contribution in [0.4, 0.5) is 11.4 Å². The molecule has 0 radical (unpaired) electrons. The third-order valence-corrected chi connectivity index (χ3v) is 4.62. The Hall–Kier alpha value is -3.80. The Morgan fingerprint density at radius 1 is 0.871 bits per heavy atom. The quantitative estimate of drug-likeness (QED) is 0.537. The molecule has 1 atom stereocenters. The molecule has 0 aliphatic carbocycles. The molecule has 3 rings (SSSR count). The second-order valence-electron chi connectivity index (χ2n) is 7.00. The number of amides is 2. The molecule has 0 aliphatic heterocycles. The smallest absolute Gasteiger partial charge is 0.265 e. The molecule has 0 aliphatic rings. The number of benzene rings is 3. The first kappa shape index (κ1) is 21.9. The number of hydrogen-bond donors (Lipinski definition) is 2. The SMILES string of the molecule is CCOc1ccc(NC(=O)[C@H](C)Oc2ccc(C(=O)Nc3ccccc3C)cc2)cc1. The number of hydrogen-bond acceptors (Lipinski definition) is 4. The van der Waals surface area contributed by atoms with Crippen molar-refractivity contribution in [3.63, 3.8) is 0 Å². The minimum absolute atomic E-state index is 0.206. The van der Waals surface area contributed by atoms with Gasteiger partial charge in [-0.3, -0.25) is 9.59 Å². The first-order valence-electron chi connectivity index (χ1n) is 10.1. The van der Waals surface area contributed by atoms with E-state index in [4.69, 9.17) is 9.47 Å². The largest absolute Gasteiger partial charge is 0.494 e. The summed E-state index contributed by atoms with van der Waals surface area (Å²) < 4.78 is 11.1. The zero-order valence-electron chi connectivity index (χ0n) is 17.8. The number of anilines is 2. The summed E-state index contributed by atoms with van der Waals surface area (Å²) in [5.74, 6) is 0.769. The van der Waals surface area contributed by atoms with Crippen LogP contribution in [0.15, 0.2) is 72.8 Å². The van der Waals surface area contributed by atoms with Crippen LogP contribution >= 0.6 is 0 Å². The van der Waals surface area contributed by atoms with Crippen LogP contribution < -0.4 is 20.1 Å². The Balaban J connectivity index is 1.55. The van der Waals surface area contributed by atoms with Gasteiger partial charge in [0.2, 0.25) is 0 Å². The van der Waals surface area contributed by atoms with E-state index in [9.17, 15) is 9.59 Å². The Morgan fingerprint density at radius 2 is 1.52 bits per heavy atom. The molecule has 6 nitrogen and oxygen atoms in total. The average molecular weight is 418 g/mol. The molecule has 0 unspecified atom stereocenters. The second kappa shape index (κ2) is 10.3. The summed E-state index contributed by atoms with van der Waals surface area (Å²) in [6.07, 6.45) is -0.710. The van der Waals surface area contributed by atoms with Crippen molar-refractivity contribution in [2.75, 3.05) is 17.2 Å². The van der Waals surface area contributed by atoms with Gasteiger partial charge in [-0.25, -0.2) is 0 Å². The van der Waals surface area contributed by atoms with Gasteiger partial charge in [-0.2, -0.15) is 0 Å². The Labute approximate surface area is 182 Å². The third-order valence-electron chi connectivity index (χ3n) is 4.62. The van der Waals surface area contributed by atoms with Gasteiger partial charge in [0.05, 0.1) is 6.61 Å². The first-order chi connectivity index (χ1) is 15.0. The summed E-state index contributed by atoms with van der Waals surface area (Å²) in [4.78, 5) is 24.9. The third kappa shape index (κ3) is 6.09. The lowest BCUT2D eigenvalue weighted by Gasteiger charge is -2.15. The van der Waals surface area contributed by atoms with Crippen LogP contribution in [0.3, 0.4) is 0 Å². The van der Waals surface area contributed by atoms with Crippen LogP contribution in [-0.4, -0.2) is 24.5 Å². The Kier molecular flexibility index (Phi) is 7.27. The molecule has 2 N–H and O–H groups in total. The standard InChI is InChI=1S/C25H26N2O4/c1-4-30-21-15-11-20(12-16-21)26-24(28)18(3)31-22-13-9-19(10-14-22)25(29)27-23-8-6-5-7-17(23)2/h5-16,18H,4H2,1-3H3,(H,26,28)(H,27,29)/t18-/m0/s1. The van der Waals surface area contributed by atoms with Crippen LogP contribution in [0, 0.1) is 6.92 Å². The molecule has 2 amide bonds. The molecule has 0 spiro atoms. The van der Waals surface area contributed by atoms with Crippen LogP contribution in [0.1, 0.15) is 29.8 Å². The van der Waals surface area contributed by atoms with Gasteiger partial charge in [0.25, 0.3) is 11.8 Å². The van der Waals surface area contributed by atoms with E-state index in [0.717, 1.165) is 17.0 Å². The minimum Gasteiger partial charge on any atom is -0.494 e. The molecule has 6 heteroatoms. The average Bonchev–Trinajstić information content (AvgIpc) is 2.77. The number of nitrogens with one attached hydrogen (secondary N) is 2. The maximum atomic E-state index is 12.5. The lowest BCUT2D eigenvalue weighted by atomic mass is 10.1.